The van der Waals surface area contributed by atoms with Crippen molar-refractivity contribution in [1.82, 2.24) is 9.61 Å². The first-order chi connectivity index (χ1) is 9.88. The average molecular weight is 292 g/mol. The van der Waals surface area contributed by atoms with Gasteiger partial charge in [0.05, 0.1) is 6.61 Å². The van der Waals surface area contributed by atoms with E-state index in [4.69, 9.17) is 14.6 Å². The molecule has 21 heavy (non-hydrogen) atoms. The van der Waals surface area contributed by atoms with E-state index < -0.39 is 6.16 Å². The lowest BCUT2D eigenvalue weighted by atomic mass is 10.1. The molecule has 6 nitrogen and oxygen atoms in total. The first-order valence-electron chi connectivity index (χ1n) is 6.92. The molecule has 1 N–H and O–H groups in total. The van der Waals surface area contributed by atoms with Crippen molar-refractivity contribution in [2.75, 3.05) is 6.61 Å². The molecule has 2 rings (SSSR count). The Morgan fingerprint density at radius 3 is 2.71 bits per heavy atom. The monoisotopic (exact) mass is 292 g/mol. The van der Waals surface area contributed by atoms with Gasteiger partial charge in [0, 0.05) is 6.07 Å². The minimum atomic E-state index is -1.35. The van der Waals surface area contributed by atoms with Gasteiger partial charge in [0.1, 0.15) is 11.2 Å². The summed E-state index contributed by atoms with van der Waals surface area (Å²) in [6.07, 6.45) is -0.412. The maximum Gasteiger partial charge on any atom is 0.511 e. The number of hydrogen-bond acceptors (Lipinski definition) is 4. The molecule has 0 atom stereocenters. The van der Waals surface area contributed by atoms with Crippen LogP contribution in [0.1, 0.15) is 31.5 Å². The van der Waals surface area contributed by atoms with E-state index in [0.717, 1.165) is 12.0 Å². The molecule has 0 fully saturated rings. The summed E-state index contributed by atoms with van der Waals surface area (Å²) >= 11 is 0. The number of aromatic nitrogens is 2. The van der Waals surface area contributed by atoms with Crippen LogP contribution in [-0.2, 0) is 0 Å². The second-order valence-corrected chi connectivity index (χ2v) is 5.48. The molecule has 2 aromatic heterocycles. The Bertz CT molecular complexity index is 661. The lowest BCUT2D eigenvalue weighted by Crippen LogP contribution is -2.06. The fourth-order valence-corrected chi connectivity index (χ4v) is 2.05. The third kappa shape index (κ3) is 3.45. The normalized spacial score (nSPS) is 11.1. The van der Waals surface area contributed by atoms with Crippen LogP contribution in [0.3, 0.4) is 0 Å². The number of aryl methyl sites for hydroxylation is 2. The van der Waals surface area contributed by atoms with Gasteiger partial charge in [-0.05, 0) is 37.8 Å². The zero-order valence-electron chi connectivity index (χ0n) is 12.7. The maximum atomic E-state index is 10.8. The predicted octanol–water partition coefficient (Wildman–Crippen LogP) is 3.43. The van der Waals surface area contributed by atoms with Crippen molar-refractivity contribution in [3.8, 4) is 11.6 Å². The summed E-state index contributed by atoms with van der Waals surface area (Å²) in [6, 6.07) is 3.71. The SMILES string of the molecule is Cc1cc(OCCC(C)C)n2nc(C)c(OC(=O)O)c2c1. The van der Waals surface area contributed by atoms with E-state index in [2.05, 4.69) is 18.9 Å². The molecule has 0 unspecified atom stereocenters. The number of carbonyl (C=O) groups is 1. The number of fused-ring (bicyclic) bond motifs is 1. The summed E-state index contributed by atoms with van der Waals surface area (Å²) in [5, 5.41) is 13.1. The maximum absolute atomic E-state index is 10.8. The molecule has 0 aliphatic carbocycles. The molecular formula is C15H20N2O4. The highest BCUT2D eigenvalue weighted by Crippen LogP contribution is 2.29. The van der Waals surface area contributed by atoms with Crippen molar-refractivity contribution in [3.05, 3.63) is 23.4 Å². The topological polar surface area (TPSA) is 73.1 Å². The molecule has 0 saturated carbocycles. The second-order valence-electron chi connectivity index (χ2n) is 5.48. The molecule has 0 aliphatic heterocycles. The zero-order chi connectivity index (χ0) is 15.6. The molecule has 0 aromatic carbocycles. The van der Waals surface area contributed by atoms with Gasteiger partial charge in [-0.2, -0.15) is 9.61 Å². The van der Waals surface area contributed by atoms with Crippen molar-refractivity contribution >= 4 is 11.7 Å². The number of nitrogens with zero attached hydrogens (tertiary/aromatic N) is 2. The Balaban J connectivity index is 2.40. The molecule has 0 aliphatic rings. The van der Waals surface area contributed by atoms with Gasteiger partial charge in [0.2, 0.25) is 5.88 Å². The Hall–Kier alpha value is -2.24. The van der Waals surface area contributed by atoms with Crippen LogP contribution in [0.15, 0.2) is 12.1 Å². The van der Waals surface area contributed by atoms with Gasteiger partial charge in [-0.15, -0.1) is 0 Å². The van der Waals surface area contributed by atoms with Crippen LogP contribution in [0.4, 0.5) is 4.79 Å². The molecule has 6 heteroatoms. The van der Waals surface area contributed by atoms with E-state index in [-0.39, 0.29) is 5.75 Å². The number of ether oxygens (including phenoxy) is 2. The lowest BCUT2D eigenvalue weighted by Gasteiger charge is -2.10. The quantitative estimate of drug-likeness (QED) is 0.855. The van der Waals surface area contributed by atoms with E-state index in [1.807, 2.05) is 19.1 Å². The second kappa shape index (κ2) is 6.03. The summed E-state index contributed by atoms with van der Waals surface area (Å²) in [5.41, 5.74) is 2.06. The predicted molar refractivity (Wildman–Crippen MR) is 78.3 cm³/mol. The standard InChI is InChI=1S/C15H20N2O4/c1-9(2)5-6-20-13-8-10(3)7-12-14(21-15(18)19)11(4)16-17(12)13/h7-9H,5-6H2,1-4H3,(H,18,19). The number of rotatable bonds is 5. The molecule has 2 heterocycles. The van der Waals surface area contributed by atoms with Crippen LogP contribution in [0.25, 0.3) is 5.52 Å². The van der Waals surface area contributed by atoms with E-state index in [0.29, 0.717) is 29.6 Å². The minimum absolute atomic E-state index is 0.250. The largest absolute Gasteiger partial charge is 0.511 e. The Kier molecular flexibility index (Phi) is 4.35. The van der Waals surface area contributed by atoms with Crippen molar-refractivity contribution in [3.63, 3.8) is 0 Å². The van der Waals surface area contributed by atoms with Crippen LogP contribution >= 0.6 is 0 Å². The summed E-state index contributed by atoms with van der Waals surface area (Å²) < 4.78 is 12.2. The van der Waals surface area contributed by atoms with Crippen LogP contribution in [0, 0.1) is 19.8 Å². The van der Waals surface area contributed by atoms with E-state index in [9.17, 15) is 4.79 Å². The molecule has 0 radical (unpaired) electrons. The lowest BCUT2D eigenvalue weighted by molar-refractivity contribution is 0.144. The number of pyridine rings is 1. The van der Waals surface area contributed by atoms with Gasteiger partial charge in [0.25, 0.3) is 0 Å². The minimum Gasteiger partial charge on any atom is -0.478 e. The van der Waals surface area contributed by atoms with E-state index >= 15 is 0 Å². The van der Waals surface area contributed by atoms with Gasteiger partial charge in [-0.1, -0.05) is 13.8 Å². The van der Waals surface area contributed by atoms with Crippen molar-refractivity contribution < 1.29 is 19.4 Å². The van der Waals surface area contributed by atoms with Gasteiger partial charge < -0.3 is 14.6 Å². The average Bonchev–Trinajstić information content (AvgIpc) is 2.66. The fraction of sp³-hybridized carbons (Fsp3) is 0.467. The van der Waals surface area contributed by atoms with Crippen molar-refractivity contribution in [2.45, 2.75) is 34.1 Å². The fourth-order valence-electron chi connectivity index (χ4n) is 2.05. The Morgan fingerprint density at radius 2 is 2.10 bits per heavy atom. The molecular weight excluding hydrogens is 272 g/mol. The molecule has 2 aromatic rings. The van der Waals surface area contributed by atoms with Crippen molar-refractivity contribution in [2.24, 2.45) is 5.92 Å². The summed E-state index contributed by atoms with van der Waals surface area (Å²) in [4.78, 5) is 10.8. The number of hydrogen-bond donors (Lipinski definition) is 1. The third-order valence-corrected chi connectivity index (χ3v) is 3.10. The van der Waals surface area contributed by atoms with E-state index in [1.165, 1.54) is 0 Å². The molecule has 0 spiro atoms. The Labute approximate surface area is 123 Å². The molecule has 0 saturated heterocycles. The highest BCUT2D eigenvalue weighted by atomic mass is 16.7. The van der Waals surface area contributed by atoms with E-state index in [1.54, 1.807) is 11.4 Å². The van der Waals surface area contributed by atoms with Gasteiger partial charge in [0.15, 0.2) is 5.75 Å². The summed E-state index contributed by atoms with van der Waals surface area (Å²) in [7, 11) is 0. The van der Waals surface area contributed by atoms with Crippen LogP contribution in [0.2, 0.25) is 0 Å². The smallest absolute Gasteiger partial charge is 0.478 e. The van der Waals surface area contributed by atoms with Gasteiger partial charge in [-0.25, -0.2) is 4.79 Å². The van der Waals surface area contributed by atoms with Crippen LogP contribution in [-0.4, -0.2) is 27.5 Å². The molecule has 114 valence electrons. The number of carboxylic acid groups (broad SMARTS) is 1. The first-order valence-corrected chi connectivity index (χ1v) is 6.92. The first kappa shape index (κ1) is 15.2. The Morgan fingerprint density at radius 1 is 1.38 bits per heavy atom. The van der Waals surface area contributed by atoms with Gasteiger partial charge >= 0.3 is 6.16 Å². The highest BCUT2D eigenvalue weighted by Gasteiger charge is 2.17. The van der Waals surface area contributed by atoms with Crippen LogP contribution < -0.4 is 9.47 Å². The highest BCUT2D eigenvalue weighted by molar-refractivity contribution is 5.71. The summed E-state index contributed by atoms with van der Waals surface area (Å²) in [6.45, 7) is 8.48. The van der Waals surface area contributed by atoms with Crippen molar-refractivity contribution in [1.29, 1.82) is 0 Å². The molecule has 0 bridgehead atoms. The molecule has 0 amide bonds. The third-order valence-electron chi connectivity index (χ3n) is 3.10. The zero-order valence-corrected chi connectivity index (χ0v) is 12.7. The van der Waals surface area contributed by atoms with Gasteiger partial charge in [-0.3, -0.25) is 0 Å². The summed E-state index contributed by atoms with van der Waals surface area (Å²) in [5.74, 6) is 1.39. The van der Waals surface area contributed by atoms with Crippen LogP contribution in [0.5, 0.6) is 11.6 Å².